The Labute approximate surface area is 98.9 Å². The molecule has 1 fully saturated rings. The third-order valence-corrected chi connectivity index (χ3v) is 5.04. The van der Waals surface area contributed by atoms with Crippen molar-refractivity contribution in [2.24, 2.45) is 0 Å². The first-order chi connectivity index (χ1) is 7.68. The molecule has 0 spiro atoms. The van der Waals surface area contributed by atoms with E-state index >= 15 is 0 Å². The minimum atomic E-state index is -5.07. The van der Waals surface area contributed by atoms with Crippen LogP contribution >= 0.6 is 15.2 Å². The molecule has 1 atom stereocenters. The van der Waals surface area contributed by atoms with Crippen LogP contribution in [-0.4, -0.2) is 44.7 Å². The zero-order chi connectivity index (χ0) is 13.1. The molecule has 1 saturated heterocycles. The highest BCUT2D eigenvalue weighted by Crippen LogP contribution is 2.38. The highest BCUT2D eigenvalue weighted by molar-refractivity contribution is 7.53. The van der Waals surface area contributed by atoms with Gasteiger partial charge in [0.2, 0.25) is 0 Å². The van der Waals surface area contributed by atoms with Crippen molar-refractivity contribution in [2.45, 2.75) is 5.66 Å². The van der Waals surface area contributed by atoms with E-state index < -0.39 is 27.0 Å². The Balaban J connectivity index is 2.63. The van der Waals surface area contributed by atoms with Gasteiger partial charge in [0.15, 0.2) is 0 Å². The maximum absolute atomic E-state index is 10.9. The van der Waals surface area contributed by atoms with Crippen molar-refractivity contribution in [2.75, 3.05) is 39.0 Å². The normalized spacial score (nSPS) is 21.4. The Morgan fingerprint density at radius 2 is 1.65 bits per heavy atom. The monoisotopic (exact) mass is 286 g/mol. The molecule has 0 aromatic heterocycles. The molecule has 0 aromatic carbocycles. The summed E-state index contributed by atoms with van der Waals surface area (Å²) in [6.45, 7) is 1.70. The van der Waals surface area contributed by atoms with E-state index in [-0.39, 0.29) is 6.54 Å². The average Bonchev–Trinajstić information content (AvgIpc) is 2.15. The molecular weight excluding hydrogens is 272 g/mol. The summed E-state index contributed by atoms with van der Waals surface area (Å²) < 4.78 is 26.5. The molecular formula is C7H14NO7P2-3. The Morgan fingerprint density at radius 1 is 1.12 bits per heavy atom. The molecule has 1 N–H and O–H groups in total. The topological polar surface area (TPSA) is 140 Å². The van der Waals surface area contributed by atoms with Crippen LogP contribution in [0, 0.1) is 0 Å². The third kappa shape index (κ3) is 6.08. The maximum Gasteiger partial charge on any atom is 0.101 e. The first-order valence-corrected chi connectivity index (χ1v) is 8.46. The van der Waals surface area contributed by atoms with Crippen molar-refractivity contribution < 1.29 is 38.3 Å². The van der Waals surface area contributed by atoms with E-state index in [1.165, 1.54) is 0 Å². The highest BCUT2D eigenvalue weighted by Gasteiger charge is 2.23. The molecule has 0 saturated carbocycles. The SMILES string of the molecule is O=P([O-])([O-])CC(C[NH+]1CCOCC1)P(=O)([O-])[O-]. The fraction of sp³-hybridized carbons (Fsp3) is 1.00. The second-order valence-electron chi connectivity index (χ2n) is 4.05. The van der Waals surface area contributed by atoms with E-state index in [1.54, 1.807) is 0 Å². The first kappa shape index (κ1) is 15.3. The molecule has 1 heterocycles. The molecule has 0 amide bonds. The van der Waals surface area contributed by atoms with Gasteiger partial charge in [-0.3, -0.25) is 0 Å². The Hall–Kier alpha value is 0.220. The number of hydrogen-bond donors (Lipinski definition) is 1. The van der Waals surface area contributed by atoms with Crippen molar-refractivity contribution in [1.29, 1.82) is 0 Å². The molecule has 1 aliphatic heterocycles. The molecule has 102 valence electrons. The Morgan fingerprint density at radius 3 is 2.06 bits per heavy atom. The van der Waals surface area contributed by atoms with Crippen LogP contribution in [0.5, 0.6) is 0 Å². The van der Waals surface area contributed by atoms with Crippen LogP contribution in [0.15, 0.2) is 0 Å². The minimum absolute atomic E-state index is 0.151. The standard InChI is InChI=1S/C7H17NO7P2/c9-16(10,11)6-7(17(12,13)14)5-8-1-3-15-4-2-8/h7H,1-6H2,(H2,9,10,11)(H2,12,13,14)/p-3. The average molecular weight is 286 g/mol. The third-order valence-electron chi connectivity index (χ3n) is 2.61. The van der Waals surface area contributed by atoms with Crippen molar-refractivity contribution in [3.63, 3.8) is 0 Å². The van der Waals surface area contributed by atoms with Gasteiger partial charge < -0.3 is 38.3 Å². The first-order valence-electron chi connectivity index (χ1n) is 5.12. The molecule has 1 rings (SSSR count). The van der Waals surface area contributed by atoms with E-state index in [0.717, 1.165) is 4.90 Å². The number of quaternary nitrogens is 1. The lowest BCUT2D eigenvalue weighted by molar-refractivity contribution is -0.907. The maximum atomic E-state index is 10.9. The summed E-state index contributed by atoms with van der Waals surface area (Å²) in [7, 11) is -10.1. The second kappa shape index (κ2) is 5.91. The van der Waals surface area contributed by atoms with Crippen LogP contribution in [0.2, 0.25) is 0 Å². The summed E-state index contributed by atoms with van der Waals surface area (Å²) >= 11 is 0. The summed E-state index contributed by atoms with van der Waals surface area (Å²) in [5.74, 6) is 0. The number of rotatable bonds is 5. The summed E-state index contributed by atoms with van der Waals surface area (Å²) in [6.07, 6.45) is -1.12. The number of ether oxygens (including phenoxy) is 1. The summed E-state index contributed by atoms with van der Waals surface area (Å²) in [5, 5.41) is 0. The van der Waals surface area contributed by atoms with Gasteiger partial charge in [-0.1, -0.05) is 15.2 Å². The van der Waals surface area contributed by atoms with Gasteiger partial charge >= 0.3 is 0 Å². The van der Waals surface area contributed by atoms with Gasteiger partial charge in [-0.15, -0.1) is 0 Å². The molecule has 0 radical (unpaired) electrons. The number of hydrogen-bond acceptors (Lipinski definition) is 7. The fourth-order valence-electron chi connectivity index (χ4n) is 1.73. The fourth-order valence-corrected chi connectivity index (χ4v) is 4.26. The van der Waals surface area contributed by atoms with Gasteiger partial charge in [-0.05, 0) is 6.16 Å². The van der Waals surface area contributed by atoms with E-state index in [9.17, 15) is 28.7 Å². The largest absolute Gasteiger partial charge is 0.811 e. The Kier molecular flexibility index (Phi) is 5.31. The summed E-state index contributed by atoms with van der Waals surface area (Å²) in [4.78, 5) is 43.7. The minimum Gasteiger partial charge on any atom is -0.811 e. The van der Waals surface area contributed by atoms with E-state index in [1.807, 2.05) is 0 Å². The van der Waals surface area contributed by atoms with Gasteiger partial charge in [-0.25, -0.2) is 0 Å². The van der Waals surface area contributed by atoms with E-state index in [4.69, 9.17) is 4.74 Å². The van der Waals surface area contributed by atoms with Gasteiger partial charge in [-0.2, -0.15) is 0 Å². The smallest absolute Gasteiger partial charge is 0.101 e. The van der Waals surface area contributed by atoms with E-state index in [2.05, 4.69) is 0 Å². The van der Waals surface area contributed by atoms with Crippen LogP contribution in [0.1, 0.15) is 0 Å². The van der Waals surface area contributed by atoms with Gasteiger partial charge in [0.05, 0.1) is 19.8 Å². The van der Waals surface area contributed by atoms with E-state index in [0.29, 0.717) is 26.3 Å². The van der Waals surface area contributed by atoms with Gasteiger partial charge in [0.1, 0.15) is 13.1 Å². The van der Waals surface area contributed by atoms with Crippen LogP contribution < -0.4 is 24.5 Å². The zero-order valence-electron chi connectivity index (χ0n) is 9.07. The lowest BCUT2D eigenvalue weighted by Crippen LogP contribution is -3.15. The van der Waals surface area contributed by atoms with Gasteiger partial charge in [0.25, 0.3) is 0 Å². The molecule has 0 aromatic rings. The highest BCUT2D eigenvalue weighted by atomic mass is 31.2. The molecule has 1 unspecified atom stereocenters. The van der Waals surface area contributed by atoms with Crippen molar-refractivity contribution >= 4 is 15.2 Å². The lowest BCUT2D eigenvalue weighted by atomic mass is 10.3. The molecule has 8 nitrogen and oxygen atoms in total. The van der Waals surface area contributed by atoms with Gasteiger partial charge in [0, 0.05) is 5.66 Å². The predicted molar refractivity (Wildman–Crippen MR) is 50.3 cm³/mol. The lowest BCUT2D eigenvalue weighted by Gasteiger charge is -2.44. The predicted octanol–water partition coefficient (Wildman–Crippen LogP) is -4.90. The van der Waals surface area contributed by atoms with Crippen LogP contribution in [-0.2, 0) is 13.9 Å². The van der Waals surface area contributed by atoms with Crippen molar-refractivity contribution in [3.05, 3.63) is 0 Å². The second-order valence-corrected chi connectivity index (χ2v) is 7.45. The zero-order valence-corrected chi connectivity index (χ0v) is 10.9. The molecule has 0 aliphatic carbocycles. The van der Waals surface area contributed by atoms with Crippen molar-refractivity contribution in [3.8, 4) is 0 Å². The summed E-state index contributed by atoms with van der Waals surface area (Å²) in [6, 6.07) is 0. The molecule has 0 bridgehead atoms. The summed E-state index contributed by atoms with van der Waals surface area (Å²) in [5.41, 5.74) is -1.64. The molecule has 10 heteroatoms. The quantitative estimate of drug-likeness (QED) is 0.499. The molecule has 17 heavy (non-hydrogen) atoms. The van der Waals surface area contributed by atoms with Crippen LogP contribution in [0.25, 0.3) is 0 Å². The number of morpholine rings is 1. The Bertz CT molecular complexity index is 331. The van der Waals surface area contributed by atoms with Crippen LogP contribution in [0.4, 0.5) is 0 Å². The van der Waals surface area contributed by atoms with Crippen molar-refractivity contribution in [1.82, 2.24) is 0 Å². The van der Waals surface area contributed by atoms with Crippen LogP contribution in [0.3, 0.4) is 0 Å². The number of nitrogens with one attached hydrogen (secondary N) is 1. The molecule has 1 aliphatic rings.